The Morgan fingerprint density at radius 1 is 1.33 bits per heavy atom. The number of rotatable bonds is 4. The summed E-state index contributed by atoms with van der Waals surface area (Å²) in [5.41, 5.74) is 3.79. The topological polar surface area (TPSA) is 53.4 Å². The third-order valence-electron chi connectivity index (χ3n) is 5.56. The van der Waals surface area contributed by atoms with Crippen molar-refractivity contribution >= 4 is 11.7 Å². The smallest absolute Gasteiger partial charge is 0.321 e. The second-order valence-corrected chi connectivity index (χ2v) is 7.66. The van der Waals surface area contributed by atoms with Gasteiger partial charge < -0.3 is 15.1 Å². The van der Waals surface area contributed by atoms with Crippen molar-refractivity contribution in [1.82, 2.24) is 19.6 Å². The van der Waals surface area contributed by atoms with E-state index in [9.17, 15) is 4.79 Å². The Morgan fingerprint density at radius 2 is 2.11 bits per heavy atom. The van der Waals surface area contributed by atoms with E-state index in [-0.39, 0.29) is 12.1 Å². The van der Waals surface area contributed by atoms with Gasteiger partial charge in [-0.1, -0.05) is 19.9 Å². The molecule has 3 rings (SSSR count). The maximum Gasteiger partial charge on any atom is 0.321 e. The second kappa shape index (κ2) is 8.13. The van der Waals surface area contributed by atoms with E-state index in [0.29, 0.717) is 5.92 Å². The van der Waals surface area contributed by atoms with Crippen molar-refractivity contribution in [2.45, 2.75) is 40.2 Å². The molecular weight excluding hydrogens is 338 g/mol. The summed E-state index contributed by atoms with van der Waals surface area (Å²) >= 11 is 0. The van der Waals surface area contributed by atoms with E-state index in [1.807, 2.05) is 60.8 Å². The third kappa shape index (κ3) is 4.33. The van der Waals surface area contributed by atoms with E-state index in [2.05, 4.69) is 29.2 Å². The summed E-state index contributed by atoms with van der Waals surface area (Å²) < 4.78 is 1.90. The van der Waals surface area contributed by atoms with Crippen LogP contribution in [0.4, 0.5) is 10.5 Å². The fraction of sp³-hybridized carbons (Fsp3) is 0.524. The Morgan fingerprint density at radius 3 is 2.74 bits per heavy atom. The third-order valence-corrected chi connectivity index (χ3v) is 5.56. The summed E-state index contributed by atoms with van der Waals surface area (Å²) in [5.74, 6) is 0.468. The first-order valence-corrected chi connectivity index (χ1v) is 9.79. The molecule has 1 aliphatic heterocycles. The summed E-state index contributed by atoms with van der Waals surface area (Å²) in [4.78, 5) is 17.1. The number of nitrogens with one attached hydrogen (secondary N) is 1. The molecule has 2 aromatic rings. The van der Waals surface area contributed by atoms with Gasteiger partial charge in [-0.05, 0) is 57.0 Å². The average molecular weight is 370 g/mol. The highest BCUT2D eigenvalue weighted by atomic mass is 16.2. The van der Waals surface area contributed by atoms with Crippen LogP contribution in [0.1, 0.15) is 31.7 Å². The van der Waals surface area contributed by atoms with Crippen molar-refractivity contribution < 1.29 is 4.79 Å². The number of aromatic nitrogens is 2. The van der Waals surface area contributed by atoms with Gasteiger partial charge in [-0.2, -0.15) is 5.10 Å². The highest BCUT2D eigenvalue weighted by molar-refractivity contribution is 5.89. The van der Waals surface area contributed by atoms with E-state index in [0.717, 1.165) is 48.8 Å². The Balaban J connectivity index is 1.69. The van der Waals surface area contributed by atoms with Crippen LogP contribution in [0.3, 0.4) is 0 Å². The van der Waals surface area contributed by atoms with Gasteiger partial charge in [-0.15, -0.1) is 0 Å². The molecule has 0 radical (unpaired) electrons. The zero-order valence-electron chi connectivity index (χ0n) is 17.1. The van der Waals surface area contributed by atoms with E-state index in [4.69, 9.17) is 0 Å². The molecule has 0 spiro atoms. The van der Waals surface area contributed by atoms with Gasteiger partial charge in [0, 0.05) is 37.6 Å². The molecule has 2 atom stereocenters. The Kier molecular flexibility index (Phi) is 5.85. The molecule has 1 saturated heterocycles. The lowest BCUT2D eigenvalue weighted by molar-refractivity contribution is 0.101. The molecule has 0 bridgehead atoms. The van der Waals surface area contributed by atoms with Crippen molar-refractivity contribution in [2.24, 2.45) is 5.92 Å². The van der Waals surface area contributed by atoms with Gasteiger partial charge in [-0.25, -0.2) is 9.48 Å². The molecule has 0 unspecified atom stereocenters. The second-order valence-electron chi connectivity index (χ2n) is 7.66. The number of anilines is 1. The van der Waals surface area contributed by atoms with Crippen LogP contribution in [0.15, 0.2) is 30.3 Å². The molecule has 0 aliphatic carbocycles. The van der Waals surface area contributed by atoms with Crippen LogP contribution < -0.4 is 5.32 Å². The molecule has 1 aromatic heterocycles. The average Bonchev–Trinajstić information content (AvgIpc) is 2.99. The van der Waals surface area contributed by atoms with Crippen molar-refractivity contribution in [2.75, 3.05) is 32.0 Å². The zero-order valence-corrected chi connectivity index (χ0v) is 17.1. The number of carbonyl (C=O) groups excluding carboxylic acids is 1. The lowest BCUT2D eigenvalue weighted by Gasteiger charge is -2.40. The summed E-state index contributed by atoms with van der Waals surface area (Å²) in [6, 6.07) is 10.1. The lowest BCUT2D eigenvalue weighted by Crippen LogP contribution is -2.51. The first-order valence-electron chi connectivity index (χ1n) is 9.79. The minimum absolute atomic E-state index is 0.0534. The molecule has 146 valence electrons. The molecule has 1 aliphatic rings. The number of benzene rings is 1. The number of hydrogen-bond donors (Lipinski definition) is 1. The minimum atomic E-state index is -0.0534. The lowest BCUT2D eigenvalue weighted by atomic mass is 9.93. The van der Waals surface area contributed by atoms with Gasteiger partial charge in [0.15, 0.2) is 0 Å². The van der Waals surface area contributed by atoms with Gasteiger partial charge in [-0.3, -0.25) is 0 Å². The van der Waals surface area contributed by atoms with Crippen LogP contribution in [-0.2, 0) is 0 Å². The molecule has 1 aromatic carbocycles. The zero-order chi connectivity index (χ0) is 19.6. The number of amides is 2. The summed E-state index contributed by atoms with van der Waals surface area (Å²) in [7, 11) is 1.91. The fourth-order valence-electron chi connectivity index (χ4n) is 4.05. The van der Waals surface area contributed by atoms with Crippen molar-refractivity contribution in [1.29, 1.82) is 0 Å². The Bertz CT molecular complexity index is 800. The van der Waals surface area contributed by atoms with Crippen LogP contribution in [0.2, 0.25) is 0 Å². The number of nitrogens with zero attached hydrogens (tertiary/aromatic N) is 4. The van der Waals surface area contributed by atoms with Crippen LogP contribution in [0.5, 0.6) is 0 Å². The molecular formula is C21H31N5O. The quantitative estimate of drug-likeness (QED) is 0.894. The molecule has 6 heteroatoms. The van der Waals surface area contributed by atoms with Crippen LogP contribution in [-0.4, -0.2) is 58.3 Å². The molecule has 0 saturated carbocycles. The maximum atomic E-state index is 12.8. The predicted octanol–water partition coefficient (Wildman–Crippen LogP) is 3.68. The van der Waals surface area contributed by atoms with Crippen LogP contribution in [0.25, 0.3) is 5.69 Å². The van der Waals surface area contributed by atoms with Gasteiger partial charge in [0.1, 0.15) is 0 Å². The highest BCUT2D eigenvalue weighted by Crippen LogP contribution is 2.22. The predicted molar refractivity (Wildman–Crippen MR) is 110 cm³/mol. The molecule has 6 nitrogen and oxygen atoms in total. The van der Waals surface area contributed by atoms with Gasteiger partial charge >= 0.3 is 6.03 Å². The largest absolute Gasteiger partial charge is 0.324 e. The van der Waals surface area contributed by atoms with Crippen LogP contribution in [0, 0.1) is 19.8 Å². The number of hydrogen-bond acceptors (Lipinski definition) is 3. The van der Waals surface area contributed by atoms with Crippen LogP contribution >= 0.6 is 0 Å². The molecule has 2 amide bonds. The van der Waals surface area contributed by atoms with E-state index in [1.54, 1.807) is 0 Å². The van der Waals surface area contributed by atoms with E-state index >= 15 is 0 Å². The molecule has 27 heavy (non-hydrogen) atoms. The highest BCUT2D eigenvalue weighted by Gasteiger charge is 2.30. The van der Waals surface area contributed by atoms with Gasteiger partial charge in [0.05, 0.1) is 11.4 Å². The van der Waals surface area contributed by atoms with Crippen molar-refractivity contribution in [3.05, 3.63) is 41.7 Å². The summed E-state index contributed by atoms with van der Waals surface area (Å²) in [6.45, 7) is 11.6. The molecule has 1 fully saturated rings. The number of likely N-dealkylation sites (tertiary alicyclic amines) is 1. The van der Waals surface area contributed by atoms with Gasteiger partial charge in [0.25, 0.3) is 0 Å². The molecule has 2 heterocycles. The maximum absolute atomic E-state index is 12.8. The SMILES string of the molecule is CCN1CC[C@H](N(C)C(=O)Nc2cccc(-n3nc(C)cc3C)c2)[C@@H](C)C1. The monoisotopic (exact) mass is 369 g/mol. The Hall–Kier alpha value is -2.34. The number of urea groups is 1. The Labute approximate surface area is 162 Å². The summed E-state index contributed by atoms with van der Waals surface area (Å²) in [6.07, 6.45) is 1.02. The van der Waals surface area contributed by atoms with Crippen molar-refractivity contribution in [3.8, 4) is 5.69 Å². The standard InChI is InChI=1S/C21H31N5O/c1-6-25-11-10-20(15(2)14-25)24(5)21(27)22-18-8-7-9-19(13-18)26-17(4)12-16(3)23-26/h7-9,12-13,15,20H,6,10-11,14H2,1-5H3,(H,22,27)/t15-,20-/m0/s1. The van der Waals surface area contributed by atoms with Crippen molar-refractivity contribution in [3.63, 3.8) is 0 Å². The first-order chi connectivity index (χ1) is 12.9. The van der Waals surface area contributed by atoms with Gasteiger partial charge in [0.2, 0.25) is 0 Å². The minimum Gasteiger partial charge on any atom is -0.324 e. The first kappa shape index (κ1) is 19.4. The number of piperidine rings is 1. The summed E-state index contributed by atoms with van der Waals surface area (Å²) in [5, 5.41) is 7.58. The van der Waals surface area contributed by atoms with E-state index in [1.165, 1.54) is 0 Å². The van der Waals surface area contributed by atoms with E-state index < -0.39 is 0 Å². The number of aryl methyl sites for hydroxylation is 2. The fourth-order valence-corrected chi connectivity index (χ4v) is 4.05. The molecule has 1 N–H and O–H groups in total. The normalized spacial score (nSPS) is 20.5. The number of carbonyl (C=O) groups is 1.